The van der Waals surface area contributed by atoms with Gasteiger partial charge in [-0.25, -0.2) is 4.39 Å². The average molecular weight is 303 g/mol. The summed E-state index contributed by atoms with van der Waals surface area (Å²) >= 11 is 3.21. The van der Waals surface area contributed by atoms with Crippen molar-refractivity contribution in [1.29, 1.82) is 0 Å². The minimum atomic E-state index is -0.205. The van der Waals surface area contributed by atoms with E-state index in [9.17, 15) is 4.39 Å². The van der Waals surface area contributed by atoms with Crippen molar-refractivity contribution in [1.82, 2.24) is 9.80 Å². The third-order valence-corrected chi connectivity index (χ3v) is 3.19. The smallest absolute Gasteiger partial charge is 0.137 e. The molecule has 0 radical (unpaired) electrons. The molecule has 0 heterocycles. The molecule has 0 bridgehead atoms. The summed E-state index contributed by atoms with van der Waals surface area (Å²) in [7, 11) is 6.25. The van der Waals surface area contributed by atoms with E-state index in [0.717, 1.165) is 31.6 Å². The molecule has 0 atom stereocenters. The Hall–Kier alpha value is -0.450. The second-order valence-corrected chi connectivity index (χ2v) is 5.50. The lowest BCUT2D eigenvalue weighted by molar-refractivity contribution is 0.294. The molecule has 0 unspecified atom stereocenters. The second-order valence-electron chi connectivity index (χ2n) is 4.64. The molecule has 0 aliphatic carbocycles. The monoisotopic (exact) mass is 302 g/mol. The van der Waals surface area contributed by atoms with Crippen LogP contribution in [0.15, 0.2) is 22.7 Å². The Morgan fingerprint density at radius 1 is 1.18 bits per heavy atom. The van der Waals surface area contributed by atoms with Gasteiger partial charge in [0.15, 0.2) is 0 Å². The molecule has 0 aliphatic heterocycles. The molecule has 0 saturated carbocycles. The van der Waals surface area contributed by atoms with Gasteiger partial charge in [0.25, 0.3) is 0 Å². The quantitative estimate of drug-likeness (QED) is 0.797. The molecule has 0 aliphatic rings. The zero-order valence-corrected chi connectivity index (χ0v) is 12.3. The molecule has 96 valence electrons. The Morgan fingerprint density at radius 2 is 1.88 bits per heavy atom. The Morgan fingerprint density at radius 3 is 2.47 bits per heavy atom. The minimum absolute atomic E-state index is 0.205. The van der Waals surface area contributed by atoms with Crippen molar-refractivity contribution < 1.29 is 4.39 Å². The Balaban J connectivity index is 2.39. The van der Waals surface area contributed by atoms with Crippen molar-refractivity contribution >= 4 is 15.9 Å². The number of hydrogen-bond acceptors (Lipinski definition) is 2. The van der Waals surface area contributed by atoms with E-state index in [-0.39, 0.29) is 5.82 Å². The lowest BCUT2D eigenvalue weighted by atomic mass is 10.2. The number of rotatable bonds is 6. The van der Waals surface area contributed by atoms with Gasteiger partial charge < -0.3 is 9.80 Å². The first-order valence-electron chi connectivity index (χ1n) is 5.76. The summed E-state index contributed by atoms with van der Waals surface area (Å²) < 4.78 is 13.6. The zero-order chi connectivity index (χ0) is 12.8. The number of hydrogen-bond donors (Lipinski definition) is 0. The van der Waals surface area contributed by atoms with Gasteiger partial charge in [-0.15, -0.1) is 0 Å². The van der Waals surface area contributed by atoms with E-state index < -0.39 is 0 Å². The van der Waals surface area contributed by atoms with E-state index in [1.165, 1.54) is 6.07 Å². The van der Waals surface area contributed by atoms with E-state index in [4.69, 9.17) is 0 Å². The van der Waals surface area contributed by atoms with Crippen LogP contribution in [0.1, 0.15) is 12.0 Å². The van der Waals surface area contributed by atoms with Crippen LogP contribution >= 0.6 is 15.9 Å². The Labute approximate surface area is 112 Å². The van der Waals surface area contributed by atoms with Crippen molar-refractivity contribution in [2.75, 3.05) is 34.2 Å². The standard InChI is InChI=1S/C13H20BrFN2/c1-16(2)7-4-8-17(3)10-11-5-6-13(15)12(14)9-11/h5-6,9H,4,7-8,10H2,1-3H3. The number of nitrogens with zero attached hydrogens (tertiary/aromatic N) is 2. The highest BCUT2D eigenvalue weighted by Gasteiger charge is 2.04. The summed E-state index contributed by atoms with van der Waals surface area (Å²) in [6, 6.07) is 5.19. The molecular formula is C13H20BrFN2. The zero-order valence-electron chi connectivity index (χ0n) is 10.7. The van der Waals surface area contributed by atoms with Gasteiger partial charge in [-0.1, -0.05) is 6.07 Å². The Kier molecular flexibility index (Phi) is 6.09. The molecule has 0 amide bonds. The molecular weight excluding hydrogens is 283 g/mol. The molecule has 0 fully saturated rings. The van der Waals surface area contributed by atoms with Gasteiger partial charge in [-0.3, -0.25) is 0 Å². The largest absolute Gasteiger partial charge is 0.309 e. The van der Waals surface area contributed by atoms with E-state index in [1.54, 1.807) is 0 Å². The van der Waals surface area contributed by atoms with Crippen LogP contribution in [0.4, 0.5) is 4.39 Å². The summed E-state index contributed by atoms with van der Waals surface area (Å²) in [4.78, 5) is 4.44. The van der Waals surface area contributed by atoms with Gasteiger partial charge in [0.2, 0.25) is 0 Å². The van der Waals surface area contributed by atoms with Crippen LogP contribution in [0.3, 0.4) is 0 Å². The topological polar surface area (TPSA) is 6.48 Å². The molecule has 2 nitrogen and oxygen atoms in total. The molecule has 0 aromatic heterocycles. The predicted octanol–water partition coefficient (Wildman–Crippen LogP) is 2.97. The van der Waals surface area contributed by atoms with E-state index in [2.05, 4.69) is 46.9 Å². The van der Waals surface area contributed by atoms with Crippen LogP contribution in [0.25, 0.3) is 0 Å². The molecule has 1 rings (SSSR count). The number of benzene rings is 1. The van der Waals surface area contributed by atoms with Crippen molar-refractivity contribution in [3.63, 3.8) is 0 Å². The average Bonchev–Trinajstić information content (AvgIpc) is 2.23. The fourth-order valence-corrected chi connectivity index (χ4v) is 2.11. The highest BCUT2D eigenvalue weighted by atomic mass is 79.9. The fourth-order valence-electron chi connectivity index (χ4n) is 1.69. The van der Waals surface area contributed by atoms with Crippen molar-refractivity contribution in [3.8, 4) is 0 Å². The van der Waals surface area contributed by atoms with Gasteiger partial charge in [0.1, 0.15) is 5.82 Å². The molecule has 4 heteroatoms. The maximum Gasteiger partial charge on any atom is 0.137 e. The predicted molar refractivity (Wildman–Crippen MR) is 73.6 cm³/mol. The van der Waals surface area contributed by atoms with E-state index >= 15 is 0 Å². The van der Waals surface area contributed by atoms with Crippen molar-refractivity contribution in [2.45, 2.75) is 13.0 Å². The molecule has 1 aromatic rings. The van der Waals surface area contributed by atoms with Gasteiger partial charge in [-0.05, 0) is 74.3 Å². The molecule has 1 aromatic carbocycles. The molecule has 0 saturated heterocycles. The lowest BCUT2D eigenvalue weighted by Gasteiger charge is -2.18. The van der Waals surface area contributed by atoms with Gasteiger partial charge in [0, 0.05) is 6.54 Å². The maximum absolute atomic E-state index is 13.1. The van der Waals surface area contributed by atoms with Crippen molar-refractivity contribution in [2.24, 2.45) is 0 Å². The van der Waals surface area contributed by atoms with E-state index in [1.807, 2.05) is 12.1 Å². The summed E-state index contributed by atoms with van der Waals surface area (Å²) in [5.74, 6) is -0.205. The van der Waals surface area contributed by atoms with Crippen LogP contribution in [0, 0.1) is 5.82 Å². The van der Waals surface area contributed by atoms with E-state index in [0.29, 0.717) is 4.47 Å². The SMILES string of the molecule is CN(C)CCCN(C)Cc1ccc(F)c(Br)c1. The minimum Gasteiger partial charge on any atom is -0.309 e. The first kappa shape index (κ1) is 14.6. The highest BCUT2D eigenvalue weighted by molar-refractivity contribution is 9.10. The Bertz CT molecular complexity index is 355. The van der Waals surface area contributed by atoms with Crippen LogP contribution in [0.2, 0.25) is 0 Å². The second kappa shape index (κ2) is 7.09. The normalized spacial score (nSPS) is 11.5. The maximum atomic E-state index is 13.1. The highest BCUT2D eigenvalue weighted by Crippen LogP contribution is 2.17. The van der Waals surface area contributed by atoms with Crippen LogP contribution in [-0.4, -0.2) is 44.0 Å². The van der Waals surface area contributed by atoms with Gasteiger partial charge >= 0.3 is 0 Å². The van der Waals surface area contributed by atoms with Gasteiger partial charge in [0.05, 0.1) is 4.47 Å². The van der Waals surface area contributed by atoms with Crippen LogP contribution in [0.5, 0.6) is 0 Å². The molecule has 0 spiro atoms. The lowest BCUT2D eigenvalue weighted by Crippen LogP contribution is -2.23. The number of halogens is 2. The molecule has 17 heavy (non-hydrogen) atoms. The first-order valence-corrected chi connectivity index (χ1v) is 6.55. The van der Waals surface area contributed by atoms with Crippen LogP contribution in [-0.2, 0) is 6.54 Å². The third kappa shape index (κ3) is 5.61. The summed E-state index contributed by atoms with van der Waals surface area (Å²) in [6.07, 6.45) is 1.14. The fraction of sp³-hybridized carbons (Fsp3) is 0.538. The third-order valence-electron chi connectivity index (χ3n) is 2.58. The first-order chi connectivity index (χ1) is 7.99. The summed E-state index contributed by atoms with van der Waals surface area (Å²) in [5, 5.41) is 0. The van der Waals surface area contributed by atoms with Gasteiger partial charge in [-0.2, -0.15) is 0 Å². The van der Waals surface area contributed by atoms with Crippen molar-refractivity contribution in [3.05, 3.63) is 34.1 Å². The van der Waals surface area contributed by atoms with Crippen LogP contribution < -0.4 is 0 Å². The summed E-state index contributed by atoms with van der Waals surface area (Å²) in [6.45, 7) is 3.00. The summed E-state index contributed by atoms with van der Waals surface area (Å²) in [5.41, 5.74) is 1.13. The molecule has 0 N–H and O–H groups in total.